The number of carbonyl (C=O) groups excluding carboxylic acids is 2. The smallest absolute Gasteiger partial charge is 0.255 e. The van der Waals surface area contributed by atoms with E-state index >= 15 is 0 Å². The summed E-state index contributed by atoms with van der Waals surface area (Å²) in [6.45, 7) is 9.47. The SMILES string of the molecule is CCN(CC)c1ccc(NC(=O)CNC(=O)c2cc(C)oc2C)cc1. The Bertz CT molecular complexity index is 731. The van der Waals surface area contributed by atoms with Crippen molar-refractivity contribution < 1.29 is 14.0 Å². The predicted molar refractivity (Wildman–Crippen MR) is 99.1 cm³/mol. The first-order valence-electron chi connectivity index (χ1n) is 8.44. The highest BCUT2D eigenvalue weighted by Gasteiger charge is 2.14. The van der Waals surface area contributed by atoms with Crippen molar-refractivity contribution in [1.29, 1.82) is 0 Å². The molecule has 0 spiro atoms. The van der Waals surface area contributed by atoms with Gasteiger partial charge in [0.25, 0.3) is 5.91 Å². The largest absolute Gasteiger partial charge is 0.466 e. The molecule has 0 unspecified atom stereocenters. The van der Waals surface area contributed by atoms with Gasteiger partial charge in [0.05, 0.1) is 12.1 Å². The number of nitrogens with zero attached hydrogens (tertiary/aromatic N) is 1. The number of nitrogens with one attached hydrogen (secondary N) is 2. The van der Waals surface area contributed by atoms with Crippen LogP contribution in [0.15, 0.2) is 34.7 Å². The van der Waals surface area contributed by atoms with Crippen LogP contribution in [0.25, 0.3) is 0 Å². The normalized spacial score (nSPS) is 10.4. The van der Waals surface area contributed by atoms with Crippen LogP contribution in [0, 0.1) is 13.8 Å². The van der Waals surface area contributed by atoms with Crippen LogP contribution in [0.3, 0.4) is 0 Å². The number of aryl methyl sites for hydroxylation is 2. The van der Waals surface area contributed by atoms with Gasteiger partial charge >= 0.3 is 0 Å². The van der Waals surface area contributed by atoms with Crippen molar-refractivity contribution in [3.63, 3.8) is 0 Å². The number of amides is 2. The molecule has 25 heavy (non-hydrogen) atoms. The lowest BCUT2D eigenvalue weighted by atomic mass is 10.2. The average Bonchev–Trinajstić information content (AvgIpc) is 2.94. The topological polar surface area (TPSA) is 74.6 Å². The van der Waals surface area contributed by atoms with Crippen molar-refractivity contribution in [2.45, 2.75) is 27.7 Å². The molecule has 2 amide bonds. The Kier molecular flexibility index (Phi) is 6.22. The minimum atomic E-state index is -0.318. The molecule has 6 heteroatoms. The van der Waals surface area contributed by atoms with Crippen molar-refractivity contribution >= 4 is 23.2 Å². The molecule has 0 atom stereocenters. The molecule has 0 radical (unpaired) electrons. The summed E-state index contributed by atoms with van der Waals surface area (Å²) in [7, 11) is 0. The van der Waals surface area contributed by atoms with E-state index in [1.165, 1.54) is 0 Å². The van der Waals surface area contributed by atoms with Crippen LogP contribution in [0.2, 0.25) is 0 Å². The van der Waals surface area contributed by atoms with Gasteiger partial charge in [0.2, 0.25) is 5.91 Å². The van der Waals surface area contributed by atoms with E-state index in [-0.39, 0.29) is 18.4 Å². The second-order valence-corrected chi connectivity index (χ2v) is 5.78. The summed E-state index contributed by atoms with van der Waals surface area (Å²) < 4.78 is 5.32. The van der Waals surface area contributed by atoms with Gasteiger partial charge in [-0.05, 0) is 58.0 Å². The molecule has 134 valence electrons. The Hall–Kier alpha value is -2.76. The van der Waals surface area contributed by atoms with Gasteiger partial charge in [-0.1, -0.05) is 0 Å². The van der Waals surface area contributed by atoms with Crippen LogP contribution in [0.4, 0.5) is 11.4 Å². The summed E-state index contributed by atoms with van der Waals surface area (Å²) in [4.78, 5) is 26.3. The van der Waals surface area contributed by atoms with Crippen LogP contribution in [-0.2, 0) is 4.79 Å². The number of anilines is 2. The number of hydrogen-bond acceptors (Lipinski definition) is 4. The number of benzene rings is 1. The quantitative estimate of drug-likeness (QED) is 0.810. The molecular weight excluding hydrogens is 318 g/mol. The van der Waals surface area contributed by atoms with Crippen LogP contribution >= 0.6 is 0 Å². The fourth-order valence-electron chi connectivity index (χ4n) is 2.66. The van der Waals surface area contributed by atoms with E-state index in [4.69, 9.17) is 4.42 Å². The molecule has 0 fully saturated rings. The zero-order valence-corrected chi connectivity index (χ0v) is 15.2. The molecule has 0 bridgehead atoms. The molecule has 2 N–H and O–H groups in total. The van der Waals surface area contributed by atoms with Gasteiger partial charge in [-0.25, -0.2) is 0 Å². The molecule has 1 aromatic carbocycles. The zero-order chi connectivity index (χ0) is 18.4. The second kappa shape index (κ2) is 8.37. The Morgan fingerprint density at radius 1 is 1.08 bits per heavy atom. The monoisotopic (exact) mass is 343 g/mol. The lowest BCUT2D eigenvalue weighted by Crippen LogP contribution is -2.33. The maximum Gasteiger partial charge on any atom is 0.255 e. The van der Waals surface area contributed by atoms with Crippen LogP contribution in [0.5, 0.6) is 0 Å². The molecule has 6 nitrogen and oxygen atoms in total. The molecule has 0 saturated carbocycles. The third-order valence-electron chi connectivity index (χ3n) is 3.97. The van der Waals surface area contributed by atoms with E-state index < -0.39 is 0 Å². The first-order chi connectivity index (χ1) is 11.9. The highest BCUT2D eigenvalue weighted by Crippen LogP contribution is 2.17. The molecule has 1 aromatic heterocycles. The molecule has 1 heterocycles. The van der Waals surface area contributed by atoms with E-state index in [0.29, 0.717) is 22.8 Å². The summed E-state index contributed by atoms with van der Waals surface area (Å²) in [5, 5.41) is 5.38. The van der Waals surface area contributed by atoms with Gasteiger partial charge in [0.15, 0.2) is 0 Å². The Morgan fingerprint density at radius 3 is 2.24 bits per heavy atom. The Morgan fingerprint density at radius 2 is 1.72 bits per heavy atom. The van der Waals surface area contributed by atoms with Gasteiger partial charge < -0.3 is 20.0 Å². The summed E-state index contributed by atoms with van der Waals surface area (Å²) >= 11 is 0. The molecule has 0 aliphatic carbocycles. The van der Waals surface area contributed by atoms with Crippen molar-refractivity contribution in [2.75, 3.05) is 29.9 Å². The van der Waals surface area contributed by atoms with E-state index in [1.807, 2.05) is 24.3 Å². The van der Waals surface area contributed by atoms with E-state index in [2.05, 4.69) is 29.4 Å². The molecule has 0 aliphatic rings. The first-order valence-corrected chi connectivity index (χ1v) is 8.44. The van der Waals surface area contributed by atoms with E-state index in [9.17, 15) is 9.59 Å². The standard InChI is InChI=1S/C19H25N3O3/c1-5-22(6-2)16-9-7-15(8-10-16)21-18(23)12-20-19(24)17-11-13(3)25-14(17)4/h7-11H,5-6,12H2,1-4H3,(H,20,24)(H,21,23). The minimum Gasteiger partial charge on any atom is -0.466 e. The Labute approximate surface area is 148 Å². The Balaban J connectivity index is 1.88. The van der Waals surface area contributed by atoms with Crippen molar-refractivity contribution in [3.05, 3.63) is 47.4 Å². The zero-order valence-electron chi connectivity index (χ0n) is 15.2. The van der Waals surface area contributed by atoms with E-state index in [0.717, 1.165) is 18.8 Å². The second-order valence-electron chi connectivity index (χ2n) is 5.78. The maximum atomic E-state index is 12.1. The molecule has 2 aromatic rings. The van der Waals surface area contributed by atoms with Crippen molar-refractivity contribution in [1.82, 2.24) is 5.32 Å². The fourth-order valence-corrected chi connectivity index (χ4v) is 2.66. The summed E-state index contributed by atoms with van der Waals surface area (Å²) in [5.74, 6) is 0.617. The van der Waals surface area contributed by atoms with Crippen LogP contribution in [0.1, 0.15) is 35.7 Å². The van der Waals surface area contributed by atoms with E-state index in [1.54, 1.807) is 19.9 Å². The lowest BCUT2D eigenvalue weighted by Gasteiger charge is -2.21. The number of hydrogen-bond donors (Lipinski definition) is 2. The molecule has 0 aliphatic heterocycles. The summed E-state index contributed by atoms with van der Waals surface area (Å²) in [6.07, 6.45) is 0. The van der Waals surface area contributed by atoms with Gasteiger partial charge in [0.1, 0.15) is 11.5 Å². The lowest BCUT2D eigenvalue weighted by molar-refractivity contribution is -0.115. The number of carbonyl (C=O) groups is 2. The summed E-state index contributed by atoms with van der Waals surface area (Å²) in [5.41, 5.74) is 2.27. The van der Waals surface area contributed by atoms with Crippen LogP contribution in [-0.4, -0.2) is 31.4 Å². The van der Waals surface area contributed by atoms with Gasteiger partial charge in [0, 0.05) is 24.5 Å². The number of rotatable bonds is 7. The third kappa shape index (κ3) is 4.86. The van der Waals surface area contributed by atoms with Crippen LogP contribution < -0.4 is 15.5 Å². The molecule has 0 saturated heterocycles. The predicted octanol–water partition coefficient (Wildman–Crippen LogP) is 3.11. The minimum absolute atomic E-state index is 0.0969. The first kappa shape index (κ1) is 18.6. The van der Waals surface area contributed by atoms with Crippen molar-refractivity contribution in [3.8, 4) is 0 Å². The van der Waals surface area contributed by atoms with Gasteiger partial charge in [-0.2, -0.15) is 0 Å². The highest BCUT2D eigenvalue weighted by molar-refractivity contribution is 5.99. The molecule has 2 rings (SSSR count). The fraction of sp³-hybridized carbons (Fsp3) is 0.368. The van der Waals surface area contributed by atoms with Gasteiger partial charge in [-0.15, -0.1) is 0 Å². The third-order valence-corrected chi connectivity index (χ3v) is 3.97. The van der Waals surface area contributed by atoms with Gasteiger partial charge in [-0.3, -0.25) is 9.59 Å². The summed E-state index contributed by atoms with van der Waals surface area (Å²) in [6, 6.07) is 9.32. The highest BCUT2D eigenvalue weighted by atomic mass is 16.3. The number of furan rings is 1. The average molecular weight is 343 g/mol. The molecular formula is C19H25N3O3. The maximum absolute atomic E-state index is 12.1. The van der Waals surface area contributed by atoms with Crippen molar-refractivity contribution in [2.24, 2.45) is 0 Å².